The summed E-state index contributed by atoms with van der Waals surface area (Å²) in [5.41, 5.74) is 4.78. The molecule has 1 aromatic carbocycles. The number of hydrogen-bond donors (Lipinski definition) is 1. The fraction of sp³-hybridized carbons (Fsp3) is 0.364. The lowest BCUT2D eigenvalue weighted by atomic mass is 10.1. The van der Waals surface area contributed by atoms with Crippen LogP contribution in [0.1, 0.15) is 22.7 Å². The van der Waals surface area contributed by atoms with Gasteiger partial charge in [-0.05, 0) is 22.6 Å². The topological polar surface area (TPSA) is 53.4 Å². The summed E-state index contributed by atoms with van der Waals surface area (Å²) in [7, 11) is 1.96. The maximum absolute atomic E-state index is 12.8. The second-order valence-electron chi connectivity index (χ2n) is 7.82. The molecule has 3 heterocycles. The Morgan fingerprint density at radius 2 is 1.86 bits per heavy atom. The number of thiophene rings is 1. The van der Waals surface area contributed by atoms with Crippen molar-refractivity contribution in [1.29, 1.82) is 0 Å². The van der Waals surface area contributed by atoms with Gasteiger partial charge in [-0.2, -0.15) is 5.10 Å². The van der Waals surface area contributed by atoms with Crippen LogP contribution in [-0.4, -0.2) is 58.2 Å². The predicted octanol–water partition coefficient (Wildman–Crippen LogP) is 2.49. The number of aryl methyl sites for hydroxylation is 1. The minimum atomic E-state index is -0.0770. The first-order chi connectivity index (χ1) is 14.2. The number of fused-ring (bicyclic) bond motifs is 3. The highest BCUT2D eigenvalue weighted by molar-refractivity contribution is 7.13. The SMILES string of the molecule is Cn1ncc2c1-c1sccc1C2NC(=O)CN1CCN(Cc2ccccc2)CC1. The molecule has 5 rings (SSSR count). The molecule has 0 bridgehead atoms. The van der Waals surface area contributed by atoms with Gasteiger partial charge < -0.3 is 5.32 Å². The van der Waals surface area contributed by atoms with Gasteiger partial charge in [-0.3, -0.25) is 19.3 Å². The van der Waals surface area contributed by atoms with Gasteiger partial charge in [-0.15, -0.1) is 11.3 Å². The first kappa shape index (κ1) is 18.5. The summed E-state index contributed by atoms with van der Waals surface area (Å²) in [5, 5.41) is 9.73. The summed E-state index contributed by atoms with van der Waals surface area (Å²) < 4.78 is 1.91. The van der Waals surface area contributed by atoms with Crippen molar-refractivity contribution >= 4 is 17.2 Å². The Kier molecular flexibility index (Phi) is 4.95. The van der Waals surface area contributed by atoms with Gasteiger partial charge in [0.1, 0.15) is 0 Å². The van der Waals surface area contributed by atoms with E-state index in [0.29, 0.717) is 6.54 Å². The van der Waals surface area contributed by atoms with Crippen LogP contribution in [0.5, 0.6) is 0 Å². The highest BCUT2D eigenvalue weighted by atomic mass is 32.1. The van der Waals surface area contributed by atoms with E-state index in [1.54, 1.807) is 11.3 Å². The van der Waals surface area contributed by atoms with Crippen LogP contribution in [0.25, 0.3) is 10.6 Å². The summed E-state index contributed by atoms with van der Waals surface area (Å²) in [6.45, 7) is 5.26. The molecule has 150 valence electrons. The smallest absolute Gasteiger partial charge is 0.234 e. The lowest BCUT2D eigenvalue weighted by molar-refractivity contribution is -0.123. The largest absolute Gasteiger partial charge is 0.344 e. The molecule has 1 N–H and O–H groups in total. The Labute approximate surface area is 174 Å². The van der Waals surface area contributed by atoms with Crippen molar-refractivity contribution in [2.24, 2.45) is 7.05 Å². The Balaban J connectivity index is 1.17. The summed E-state index contributed by atoms with van der Waals surface area (Å²) in [4.78, 5) is 18.7. The minimum absolute atomic E-state index is 0.0770. The van der Waals surface area contributed by atoms with E-state index < -0.39 is 0 Å². The molecule has 0 spiro atoms. The number of benzene rings is 1. The third-order valence-electron chi connectivity index (χ3n) is 5.89. The van der Waals surface area contributed by atoms with Crippen LogP contribution in [0.2, 0.25) is 0 Å². The van der Waals surface area contributed by atoms with E-state index in [-0.39, 0.29) is 11.9 Å². The Morgan fingerprint density at radius 3 is 2.66 bits per heavy atom. The van der Waals surface area contributed by atoms with Crippen molar-refractivity contribution in [2.75, 3.05) is 32.7 Å². The molecule has 2 aliphatic rings. The number of piperazine rings is 1. The average Bonchev–Trinajstić information content (AvgIpc) is 3.40. The molecule has 0 radical (unpaired) electrons. The second-order valence-corrected chi connectivity index (χ2v) is 8.73. The number of nitrogens with zero attached hydrogens (tertiary/aromatic N) is 4. The first-order valence-electron chi connectivity index (χ1n) is 10.1. The standard InChI is InChI=1S/C22H25N5OS/c1-25-21-18(13-23-25)20(17-7-12-29-22(17)21)24-19(28)15-27-10-8-26(9-11-27)14-16-5-3-2-4-6-16/h2-7,12-13,20H,8-11,14-15H2,1H3,(H,24,28). The average molecular weight is 408 g/mol. The molecule has 6 nitrogen and oxygen atoms in total. The molecule has 2 aromatic heterocycles. The highest BCUT2D eigenvalue weighted by Crippen LogP contribution is 2.46. The number of carbonyl (C=O) groups is 1. The maximum Gasteiger partial charge on any atom is 0.234 e. The van der Waals surface area contributed by atoms with E-state index in [9.17, 15) is 4.79 Å². The molecule has 1 atom stereocenters. The summed E-state index contributed by atoms with van der Waals surface area (Å²) >= 11 is 1.71. The van der Waals surface area contributed by atoms with Gasteiger partial charge in [0.25, 0.3) is 0 Å². The molecule has 0 saturated carbocycles. The van der Waals surface area contributed by atoms with Gasteiger partial charge in [0.2, 0.25) is 5.91 Å². The molecule has 1 saturated heterocycles. The van der Waals surface area contributed by atoms with Gasteiger partial charge >= 0.3 is 0 Å². The Morgan fingerprint density at radius 1 is 1.10 bits per heavy atom. The van der Waals surface area contributed by atoms with Gasteiger partial charge in [-0.25, -0.2) is 0 Å². The van der Waals surface area contributed by atoms with Crippen molar-refractivity contribution in [3.05, 3.63) is 64.7 Å². The fourth-order valence-electron chi connectivity index (χ4n) is 4.36. The van der Waals surface area contributed by atoms with Gasteiger partial charge in [-0.1, -0.05) is 30.3 Å². The zero-order valence-corrected chi connectivity index (χ0v) is 17.4. The zero-order chi connectivity index (χ0) is 19.8. The third kappa shape index (κ3) is 3.61. The van der Waals surface area contributed by atoms with Crippen LogP contribution >= 0.6 is 11.3 Å². The van der Waals surface area contributed by atoms with Crippen LogP contribution in [0.15, 0.2) is 48.0 Å². The Hall–Kier alpha value is -2.48. The predicted molar refractivity (Wildman–Crippen MR) is 115 cm³/mol. The summed E-state index contributed by atoms with van der Waals surface area (Å²) in [6, 6.07) is 12.6. The molecule has 1 aliphatic carbocycles. The molecule has 3 aromatic rings. The molecule has 1 aliphatic heterocycles. The molecule has 7 heteroatoms. The van der Waals surface area contributed by atoms with Crippen molar-refractivity contribution in [3.8, 4) is 10.6 Å². The lowest BCUT2D eigenvalue weighted by Crippen LogP contribution is -2.49. The molecule has 1 amide bonds. The number of nitrogens with one attached hydrogen (secondary N) is 1. The molecule has 1 fully saturated rings. The van der Waals surface area contributed by atoms with E-state index >= 15 is 0 Å². The van der Waals surface area contributed by atoms with Crippen LogP contribution < -0.4 is 5.32 Å². The summed E-state index contributed by atoms with van der Waals surface area (Å²) in [5.74, 6) is 0.0837. The highest BCUT2D eigenvalue weighted by Gasteiger charge is 2.34. The Bertz CT molecular complexity index is 1000. The molecule has 1 unspecified atom stereocenters. The zero-order valence-electron chi connectivity index (χ0n) is 16.5. The number of aromatic nitrogens is 2. The first-order valence-corrected chi connectivity index (χ1v) is 10.9. The third-order valence-corrected chi connectivity index (χ3v) is 6.82. The van der Waals surface area contributed by atoms with E-state index in [4.69, 9.17) is 0 Å². The number of amides is 1. The monoisotopic (exact) mass is 407 g/mol. The molecule has 29 heavy (non-hydrogen) atoms. The maximum atomic E-state index is 12.8. The lowest BCUT2D eigenvalue weighted by Gasteiger charge is -2.34. The molecular weight excluding hydrogens is 382 g/mol. The van der Waals surface area contributed by atoms with E-state index in [1.165, 1.54) is 16.0 Å². The van der Waals surface area contributed by atoms with Crippen molar-refractivity contribution in [3.63, 3.8) is 0 Å². The van der Waals surface area contributed by atoms with Crippen LogP contribution in [0.3, 0.4) is 0 Å². The van der Waals surface area contributed by atoms with E-state index in [1.807, 2.05) is 17.9 Å². The van der Waals surface area contributed by atoms with E-state index in [2.05, 4.69) is 62.0 Å². The number of rotatable bonds is 5. The van der Waals surface area contributed by atoms with Crippen molar-refractivity contribution in [2.45, 2.75) is 12.6 Å². The van der Waals surface area contributed by atoms with Crippen LogP contribution in [0, 0.1) is 0 Å². The number of carbonyl (C=O) groups excluding carboxylic acids is 1. The quantitative estimate of drug-likeness (QED) is 0.706. The van der Waals surface area contributed by atoms with Crippen molar-refractivity contribution in [1.82, 2.24) is 24.9 Å². The fourth-order valence-corrected chi connectivity index (χ4v) is 5.40. The van der Waals surface area contributed by atoms with Gasteiger partial charge in [0.15, 0.2) is 0 Å². The number of hydrogen-bond acceptors (Lipinski definition) is 5. The second kappa shape index (κ2) is 7.74. The van der Waals surface area contributed by atoms with E-state index in [0.717, 1.165) is 44.0 Å². The van der Waals surface area contributed by atoms with Gasteiger partial charge in [0.05, 0.1) is 29.4 Å². The normalized spacial score (nSPS) is 19.1. The van der Waals surface area contributed by atoms with Gasteiger partial charge in [0, 0.05) is 45.3 Å². The van der Waals surface area contributed by atoms with Crippen LogP contribution in [-0.2, 0) is 18.4 Å². The van der Waals surface area contributed by atoms with Crippen LogP contribution in [0.4, 0.5) is 0 Å². The summed E-state index contributed by atoms with van der Waals surface area (Å²) in [6.07, 6.45) is 1.88. The molecular formula is C22H25N5OS. The van der Waals surface area contributed by atoms with Crippen molar-refractivity contribution < 1.29 is 4.79 Å². The minimum Gasteiger partial charge on any atom is -0.344 e.